The first-order valence-corrected chi connectivity index (χ1v) is 11.0. The highest BCUT2D eigenvalue weighted by molar-refractivity contribution is 6.30. The third-order valence-electron chi connectivity index (χ3n) is 5.86. The van der Waals surface area contributed by atoms with Gasteiger partial charge in [0.2, 0.25) is 0 Å². The number of nitrogens with zero attached hydrogens (tertiary/aromatic N) is 2. The second-order valence-corrected chi connectivity index (χ2v) is 8.43. The summed E-state index contributed by atoms with van der Waals surface area (Å²) in [4.78, 5) is 15.2. The van der Waals surface area contributed by atoms with E-state index in [9.17, 15) is 18.0 Å². The van der Waals surface area contributed by atoms with Gasteiger partial charge in [0.15, 0.2) is 0 Å². The van der Waals surface area contributed by atoms with Crippen molar-refractivity contribution in [2.45, 2.75) is 18.8 Å². The van der Waals surface area contributed by atoms with Gasteiger partial charge in [-0.2, -0.15) is 13.2 Å². The fourth-order valence-corrected chi connectivity index (χ4v) is 4.59. The lowest BCUT2D eigenvalue weighted by atomic mass is 10.0. The van der Waals surface area contributed by atoms with Crippen molar-refractivity contribution in [2.75, 3.05) is 5.32 Å². The summed E-state index contributed by atoms with van der Waals surface area (Å²) in [7, 11) is 0. The maximum Gasteiger partial charge on any atom is 0.418 e. The van der Waals surface area contributed by atoms with Gasteiger partial charge < -0.3 is 14.8 Å². The number of rotatable bonds is 2. The average Bonchev–Trinajstić information content (AvgIpc) is 3.23. The molecule has 0 fully saturated rings. The van der Waals surface area contributed by atoms with Gasteiger partial charge in [0.1, 0.15) is 0 Å². The predicted octanol–water partition coefficient (Wildman–Crippen LogP) is 7.29. The number of hydrogen-bond donors (Lipinski definition) is 1. The molecule has 3 aromatic carbocycles. The number of alkyl halides is 3. The molecule has 0 spiro atoms. The zero-order chi connectivity index (χ0) is 23.9. The largest absolute Gasteiger partial charge is 0.418 e. The first kappa shape index (κ1) is 22.1. The quantitative estimate of drug-likeness (QED) is 0.321. The number of aromatic nitrogens is 1. The van der Waals surface area contributed by atoms with Gasteiger partial charge in [-0.05, 0) is 53.6 Å². The molecular weight excluding hydrogens is 463 g/mol. The van der Waals surface area contributed by atoms with Crippen LogP contribution in [0.4, 0.5) is 23.7 Å². The Bertz CT molecular complexity index is 1370. The number of benzene rings is 3. The summed E-state index contributed by atoms with van der Waals surface area (Å²) in [6.45, 7) is 0.190. The van der Waals surface area contributed by atoms with E-state index in [-0.39, 0.29) is 12.2 Å². The number of nitrogens with one attached hydrogen (secondary N) is 1. The van der Waals surface area contributed by atoms with E-state index < -0.39 is 23.8 Å². The van der Waals surface area contributed by atoms with Crippen LogP contribution in [0.1, 0.15) is 28.4 Å². The summed E-state index contributed by atoms with van der Waals surface area (Å²) < 4.78 is 42.7. The van der Waals surface area contributed by atoms with Crippen molar-refractivity contribution in [1.82, 2.24) is 9.47 Å². The van der Waals surface area contributed by atoms with Gasteiger partial charge in [0.25, 0.3) is 0 Å². The molecule has 1 aromatic heterocycles. The van der Waals surface area contributed by atoms with Crippen LogP contribution in [0.25, 0.3) is 5.69 Å². The minimum Gasteiger partial charge on any atom is -0.318 e. The molecular formula is C26H19ClF3N3O. The Morgan fingerprint density at radius 3 is 2.50 bits per heavy atom. The number of carbonyl (C=O) groups excluding carboxylic acids is 1. The van der Waals surface area contributed by atoms with Crippen LogP contribution in [0.5, 0.6) is 0 Å². The van der Waals surface area contributed by atoms with Gasteiger partial charge in [-0.3, -0.25) is 0 Å². The SMILES string of the molecule is O=C(Nc1ccccc1C(F)(F)F)N1Cc2ccccc2-n2cccc2C1c1cccc(Cl)c1. The van der Waals surface area contributed by atoms with Crippen molar-refractivity contribution in [3.8, 4) is 5.69 Å². The maximum absolute atomic E-state index is 13.6. The highest BCUT2D eigenvalue weighted by Crippen LogP contribution is 2.39. The molecule has 0 saturated heterocycles. The minimum absolute atomic E-state index is 0.190. The van der Waals surface area contributed by atoms with Crippen LogP contribution in [-0.2, 0) is 12.7 Å². The van der Waals surface area contributed by atoms with Crippen LogP contribution in [0, 0.1) is 0 Å². The summed E-state index contributed by atoms with van der Waals surface area (Å²) >= 11 is 6.27. The van der Waals surface area contributed by atoms with E-state index in [0.29, 0.717) is 5.02 Å². The Morgan fingerprint density at radius 1 is 0.941 bits per heavy atom. The fourth-order valence-electron chi connectivity index (χ4n) is 4.39. The van der Waals surface area contributed by atoms with Crippen LogP contribution in [-0.4, -0.2) is 15.5 Å². The van der Waals surface area contributed by atoms with Gasteiger partial charge in [0.05, 0.1) is 29.5 Å². The van der Waals surface area contributed by atoms with Crippen molar-refractivity contribution < 1.29 is 18.0 Å². The molecule has 4 nitrogen and oxygen atoms in total. The number of urea groups is 1. The fraction of sp³-hybridized carbons (Fsp3) is 0.115. The third kappa shape index (κ3) is 4.03. The van der Waals surface area contributed by atoms with Crippen molar-refractivity contribution in [1.29, 1.82) is 0 Å². The molecule has 1 unspecified atom stereocenters. The highest BCUT2D eigenvalue weighted by atomic mass is 35.5. The summed E-state index contributed by atoms with van der Waals surface area (Å²) in [5, 5.41) is 3.01. The van der Waals surface area contributed by atoms with Crippen LogP contribution >= 0.6 is 11.6 Å². The Morgan fingerprint density at radius 2 is 1.71 bits per heavy atom. The number of amides is 2. The van der Waals surface area contributed by atoms with Crippen molar-refractivity contribution >= 4 is 23.3 Å². The van der Waals surface area contributed by atoms with E-state index >= 15 is 0 Å². The standard InChI is InChI=1S/C26H19ClF3N3O/c27-19-9-5-8-17(15-19)24-23-13-6-14-32(23)22-12-4-1-7-18(22)16-33(24)25(34)31-21-11-3-2-10-20(21)26(28,29)30/h1-15,24H,16H2,(H,31,34). The molecule has 0 saturated carbocycles. The minimum atomic E-state index is -4.60. The second kappa shape index (κ2) is 8.57. The van der Waals surface area contributed by atoms with Gasteiger partial charge in [0, 0.05) is 16.9 Å². The highest BCUT2D eigenvalue weighted by Gasteiger charge is 2.36. The molecule has 34 heavy (non-hydrogen) atoms. The Hall–Kier alpha value is -3.71. The molecule has 2 heterocycles. The van der Waals surface area contributed by atoms with Gasteiger partial charge in [-0.1, -0.05) is 54.1 Å². The number of carbonyl (C=O) groups is 1. The molecule has 0 radical (unpaired) electrons. The summed E-state index contributed by atoms with van der Waals surface area (Å²) in [6.07, 6.45) is -2.69. The van der Waals surface area contributed by atoms with E-state index in [1.54, 1.807) is 18.2 Å². The number of hydrogen-bond acceptors (Lipinski definition) is 1. The topological polar surface area (TPSA) is 37.3 Å². The van der Waals surface area contributed by atoms with E-state index in [4.69, 9.17) is 11.6 Å². The lowest BCUT2D eigenvalue weighted by molar-refractivity contribution is -0.136. The smallest absolute Gasteiger partial charge is 0.318 e. The summed E-state index contributed by atoms with van der Waals surface area (Å²) in [6, 6.07) is 22.3. The molecule has 2 amide bonds. The van der Waals surface area contributed by atoms with Crippen molar-refractivity contribution in [3.63, 3.8) is 0 Å². The molecule has 8 heteroatoms. The monoisotopic (exact) mass is 481 g/mol. The second-order valence-electron chi connectivity index (χ2n) is 7.99. The van der Waals surface area contributed by atoms with Gasteiger partial charge in [-0.25, -0.2) is 4.79 Å². The first-order valence-electron chi connectivity index (χ1n) is 10.6. The van der Waals surface area contributed by atoms with E-state index in [1.807, 2.05) is 53.2 Å². The zero-order valence-electron chi connectivity index (χ0n) is 17.8. The molecule has 1 aliphatic rings. The maximum atomic E-state index is 13.6. The summed E-state index contributed by atoms with van der Waals surface area (Å²) in [5.41, 5.74) is 2.12. The molecule has 1 aliphatic heterocycles. The number of fused-ring (bicyclic) bond motifs is 3. The van der Waals surface area contributed by atoms with Crippen LogP contribution in [0.2, 0.25) is 5.02 Å². The normalized spacial score (nSPS) is 15.3. The molecule has 0 aliphatic carbocycles. The molecule has 172 valence electrons. The average molecular weight is 482 g/mol. The van der Waals surface area contributed by atoms with Gasteiger partial charge >= 0.3 is 12.2 Å². The number of anilines is 1. The van der Waals surface area contributed by atoms with Crippen LogP contribution < -0.4 is 5.32 Å². The number of halogens is 4. The molecule has 5 rings (SSSR count). The Kier molecular flexibility index (Phi) is 5.57. The Labute approximate surface area is 199 Å². The van der Waals surface area contributed by atoms with E-state index in [1.165, 1.54) is 23.1 Å². The predicted molar refractivity (Wildman–Crippen MR) is 125 cm³/mol. The van der Waals surface area contributed by atoms with Crippen LogP contribution in [0.3, 0.4) is 0 Å². The Balaban J connectivity index is 1.63. The van der Waals surface area contributed by atoms with Crippen molar-refractivity contribution in [2.24, 2.45) is 0 Å². The van der Waals surface area contributed by atoms with E-state index in [0.717, 1.165) is 28.6 Å². The van der Waals surface area contributed by atoms with Gasteiger partial charge in [-0.15, -0.1) is 0 Å². The summed E-state index contributed by atoms with van der Waals surface area (Å²) in [5.74, 6) is 0. The lowest BCUT2D eigenvalue weighted by Crippen LogP contribution is -2.38. The first-order chi connectivity index (χ1) is 16.3. The molecule has 1 N–H and O–H groups in total. The molecule has 1 atom stereocenters. The van der Waals surface area contributed by atoms with Crippen LogP contribution in [0.15, 0.2) is 91.1 Å². The lowest BCUT2D eigenvalue weighted by Gasteiger charge is -2.31. The molecule has 4 aromatic rings. The third-order valence-corrected chi connectivity index (χ3v) is 6.10. The van der Waals surface area contributed by atoms with Crippen molar-refractivity contribution in [3.05, 3.63) is 119 Å². The van der Waals surface area contributed by atoms with E-state index in [2.05, 4.69) is 5.32 Å². The zero-order valence-corrected chi connectivity index (χ0v) is 18.5. The molecule has 0 bridgehead atoms. The number of para-hydroxylation sites is 2.